The summed E-state index contributed by atoms with van der Waals surface area (Å²) in [4.78, 5) is 13.9. The number of fused-ring (bicyclic) bond motifs is 1. The van der Waals surface area contributed by atoms with E-state index in [1.165, 1.54) is 12.1 Å². The molecule has 2 aliphatic heterocycles. The molecule has 3 aromatic heterocycles. The molecule has 0 radical (unpaired) electrons. The number of nitrogens with one attached hydrogen (secondary N) is 1. The number of hydrogen-bond donors (Lipinski definition) is 1. The fraction of sp³-hybridized carbons (Fsp3) is 0.379. The van der Waals surface area contributed by atoms with Crippen LogP contribution in [0.1, 0.15) is 46.6 Å². The SMILES string of the molecule is Cc1csc(CCNc2cc(Cn3nc(C4=NC5(c6ccc(OC(F)(F)F)cc6)CC(O4)C5C)cc3C)ccn2)n1. The smallest absolute Gasteiger partial charge is 0.472 e. The van der Waals surface area contributed by atoms with E-state index < -0.39 is 11.9 Å². The topological polar surface area (TPSA) is 86.5 Å². The van der Waals surface area contributed by atoms with E-state index in [-0.39, 0.29) is 17.8 Å². The lowest BCUT2D eigenvalue weighted by atomic mass is 9.61. The molecule has 1 saturated carbocycles. The molecular formula is C29H29F3N6O2S. The first-order chi connectivity index (χ1) is 19.6. The van der Waals surface area contributed by atoms with E-state index in [0.717, 1.165) is 46.3 Å². The molecule has 3 atom stereocenters. The molecule has 1 aromatic carbocycles. The Morgan fingerprint density at radius 1 is 1.17 bits per heavy atom. The van der Waals surface area contributed by atoms with Crippen LogP contribution in [0.5, 0.6) is 5.75 Å². The lowest BCUT2D eigenvalue weighted by Gasteiger charge is -2.54. The molecule has 41 heavy (non-hydrogen) atoms. The minimum absolute atomic E-state index is 0.0406. The van der Waals surface area contributed by atoms with Crippen molar-refractivity contribution in [3.63, 3.8) is 0 Å². The van der Waals surface area contributed by atoms with E-state index in [4.69, 9.17) is 14.8 Å². The van der Waals surface area contributed by atoms with Gasteiger partial charge in [0.15, 0.2) is 0 Å². The summed E-state index contributed by atoms with van der Waals surface area (Å²) in [5, 5.41) is 11.3. The van der Waals surface area contributed by atoms with Crippen molar-refractivity contribution in [3.05, 3.63) is 87.3 Å². The fourth-order valence-electron chi connectivity index (χ4n) is 5.40. The number of ether oxygens (including phenoxy) is 2. The molecule has 1 N–H and O–H groups in total. The van der Waals surface area contributed by atoms with Crippen LogP contribution in [0.25, 0.3) is 0 Å². The van der Waals surface area contributed by atoms with Crippen LogP contribution in [0.4, 0.5) is 19.0 Å². The Bertz CT molecular complexity index is 1580. The predicted octanol–water partition coefficient (Wildman–Crippen LogP) is 6.03. The fourth-order valence-corrected chi connectivity index (χ4v) is 6.17. The van der Waals surface area contributed by atoms with E-state index in [9.17, 15) is 13.2 Å². The summed E-state index contributed by atoms with van der Waals surface area (Å²) >= 11 is 1.66. The number of aryl methyl sites for hydroxylation is 2. The molecule has 1 aliphatic carbocycles. The Morgan fingerprint density at radius 2 is 1.98 bits per heavy atom. The Labute approximate surface area is 239 Å². The van der Waals surface area contributed by atoms with E-state index in [1.807, 2.05) is 43.7 Å². The number of aliphatic imine (C=N–C) groups is 1. The molecule has 1 fully saturated rings. The number of halogens is 3. The van der Waals surface area contributed by atoms with E-state index in [1.54, 1.807) is 29.7 Å². The molecule has 7 rings (SSSR count). The van der Waals surface area contributed by atoms with Gasteiger partial charge >= 0.3 is 6.36 Å². The third-order valence-electron chi connectivity index (χ3n) is 7.64. The highest BCUT2D eigenvalue weighted by atomic mass is 32.1. The van der Waals surface area contributed by atoms with Gasteiger partial charge in [-0.2, -0.15) is 5.10 Å². The van der Waals surface area contributed by atoms with Crippen LogP contribution in [0.2, 0.25) is 0 Å². The van der Waals surface area contributed by atoms with Crippen molar-refractivity contribution in [2.75, 3.05) is 11.9 Å². The Morgan fingerprint density at radius 3 is 2.68 bits per heavy atom. The number of thiazole rings is 1. The number of alkyl halides is 3. The van der Waals surface area contributed by atoms with Gasteiger partial charge in [0.25, 0.3) is 0 Å². The average Bonchev–Trinajstić information content (AvgIpc) is 3.52. The maximum Gasteiger partial charge on any atom is 0.573 e. The molecular weight excluding hydrogens is 553 g/mol. The minimum Gasteiger partial charge on any atom is -0.472 e. The number of pyridine rings is 1. The third-order valence-corrected chi connectivity index (χ3v) is 8.67. The van der Waals surface area contributed by atoms with E-state index >= 15 is 0 Å². The molecule has 12 heteroatoms. The number of aromatic nitrogens is 4. The third kappa shape index (κ3) is 5.65. The molecule has 2 bridgehead atoms. The number of anilines is 1. The van der Waals surface area contributed by atoms with Gasteiger partial charge in [0, 0.05) is 48.3 Å². The standard InChI is InChI=1S/C29H29F3N6O2S/c1-17-16-41-26(35-17)9-11-34-25-13-20(8-10-33-25)15-38-18(2)12-23(37-38)27-36-28(14-24(39-27)19(28)3)21-4-6-22(7-5-21)40-29(30,31)32/h4-8,10,12-13,16,19,24H,9,11,14-15H2,1-3H3,(H,33,34). The van der Waals surface area contributed by atoms with Gasteiger partial charge in [-0.25, -0.2) is 15.0 Å². The second kappa shape index (κ2) is 10.5. The van der Waals surface area contributed by atoms with Crippen molar-refractivity contribution in [1.82, 2.24) is 19.7 Å². The summed E-state index contributed by atoms with van der Waals surface area (Å²) in [6.45, 7) is 7.31. The molecule has 4 aromatic rings. The molecule has 0 amide bonds. The van der Waals surface area contributed by atoms with E-state index in [2.05, 4.69) is 25.4 Å². The maximum atomic E-state index is 12.6. The number of rotatable bonds is 9. The van der Waals surface area contributed by atoms with Gasteiger partial charge in [-0.1, -0.05) is 19.1 Å². The van der Waals surface area contributed by atoms with Crippen molar-refractivity contribution in [3.8, 4) is 5.75 Å². The summed E-state index contributed by atoms with van der Waals surface area (Å²) in [5.41, 5.74) is 3.92. The van der Waals surface area contributed by atoms with Gasteiger partial charge in [0.2, 0.25) is 5.90 Å². The first-order valence-corrected chi connectivity index (χ1v) is 14.2. The molecule has 5 heterocycles. The van der Waals surface area contributed by atoms with Crippen LogP contribution in [0, 0.1) is 19.8 Å². The van der Waals surface area contributed by atoms with Gasteiger partial charge in [0.1, 0.15) is 23.4 Å². The van der Waals surface area contributed by atoms with Crippen molar-refractivity contribution >= 4 is 23.1 Å². The highest BCUT2D eigenvalue weighted by Gasteiger charge is 2.58. The Kier molecular flexibility index (Phi) is 6.96. The molecule has 214 valence electrons. The van der Waals surface area contributed by atoms with Gasteiger partial charge in [0.05, 0.1) is 17.1 Å². The summed E-state index contributed by atoms with van der Waals surface area (Å²) in [5.74, 6) is 1.07. The van der Waals surface area contributed by atoms with Gasteiger partial charge in [-0.15, -0.1) is 24.5 Å². The second-order valence-corrected chi connectivity index (χ2v) is 11.4. The lowest BCUT2D eigenvalue weighted by Crippen LogP contribution is -2.58. The average molecular weight is 583 g/mol. The number of benzene rings is 1. The van der Waals surface area contributed by atoms with E-state index in [0.29, 0.717) is 24.6 Å². The molecule has 3 unspecified atom stereocenters. The van der Waals surface area contributed by atoms with Crippen LogP contribution >= 0.6 is 11.3 Å². The monoisotopic (exact) mass is 582 g/mol. The van der Waals surface area contributed by atoms with Crippen molar-refractivity contribution in [2.45, 2.75) is 58.2 Å². The largest absolute Gasteiger partial charge is 0.573 e. The molecule has 0 saturated heterocycles. The zero-order valence-corrected chi connectivity index (χ0v) is 23.6. The zero-order valence-electron chi connectivity index (χ0n) is 22.8. The number of hydrogen-bond acceptors (Lipinski definition) is 8. The number of nitrogens with zero attached hydrogens (tertiary/aromatic N) is 5. The van der Waals surface area contributed by atoms with Crippen molar-refractivity contribution in [2.24, 2.45) is 10.9 Å². The van der Waals surface area contributed by atoms with Gasteiger partial charge in [-0.3, -0.25) is 4.68 Å². The zero-order chi connectivity index (χ0) is 28.8. The predicted molar refractivity (Wildman–Crippen MR) is 149 cm³/mol. The molecule has 0 spiro atoms. The van der Waals surface area contributed by atoms with Crippen molar-refractivity contribution < 1.29 is 22.6 Å². The Balaban J connectivity index is 1.16. The maximum absolute atomic E-state index is 12.6. The van der Waals surface area contributed by atoms with Crippen molar-refractivity contribution in [1.29, 1.82) is 0 Å². The quantitative estimate of drug-likeness (QED) is 0.259. The molecule has 8 nitrogen and oxygen atoms in total. The summed E-state index contributed by atoms with van der Waals surface area (Å²) in [6.07, 6.45) is -1.50. The summed E-state index contributed by atoms with van der Waals surface area (Å²) < 4.78 is 49.9. The minimum atomic E-state index is -4.73. The highest BCUT2D eigenvalue weighted by Crippen LogP contribution is 2.54. The van der Waals surface area contributed by atoms with Crippen LogP contribution in [-0.4, -0.2) is 44.7 Å². The van der Waals surface area contributed by atoms with Crippen LogP contribution in [-0.2, 0) is 23.2 Å². The Hall–Kier alpha value is -3.93. The second-order valence-electron chi connectivity index (χ2n) is 10.5. The van der Waals surface area contributed by atoms with Crippen LogP contribution in [0.15, 0.2) is 59.0 Å². The summed E-state index contributed by atoms with van der Waals surface area (Å²) in [6, 6.07) is 11.9. The normalized spacial score (nSPS) is 21.6. The molecule has 3 aliphatic rings. The van der Waals surface area contributed by atoms with Gasteiger partial charge < -0.3 is 14.8 Å². The first kappa shape index (κ1) is 27.3. The van der Waals surface area contributed by atoms with Crippen LogP contribution in [0.3, 0.4) is 0 Å². The lowest BCUT2D eigenvalue weighted by molar-refractivity contribution is -0.274. The first-order valence-electron chi connectivity index (χ1n) is 13.4. The highest BCUT2D eigenvalue weighted by molar-refractivity contribution is 7.09. The summed E-state index contributed by atoms with van der Waals surface area (Å²) in [7, 11) is 0. The van der Waals surface area contributed by atoms with Gasteiger partial charge in [-0.05, 0) is 55.3 Å². The van der Waals surface area contributed by atoms with Crippen LogP contribution < -0.4 is 10.1 Å².